The highest BCUT2D eigenvalue weighted by atomic mass is 16.5. The summed E-state index contributed by atoms with van der Waals surface area (Å²) >= 11 is 0. The highest BCUT2D eigenvalue weighted by molar-refractivity contribution is 6.19. The van der Waals surface area contributed by atoms with Crippen LogP contribution in [0.5, 0.6) is 5.75 Å². The van der Waals surface area contributed by atoms with Gasteiger partial charge in [-0.05, 0) is 17.7 Å². The Morgan fingerprint density at radius 3 is 2.37 bits per heavy atom. The molecular formula is C20H18N2O5. The number of methoxy groups -OCH3 is 1. The number of Topliss-reactive ketones (excluding diaryl/α,β-unsaturated/α-hetero) is 1. The molecule has 3 unspecified atom stereocenters. The fourth-order valence-corrected chi connectivity index (χ4v) is 3.95. The van der Waals surface area contributed by atoms with Gasteiger partial charge in [0.2, 0.25) is 5.91 Å². The maximum atomic E-state index is 13.5. The number of carbonyl (C=O) groups is 3. The van der Waals surface area contributed by atoms with Crippen LogP contribution in [-0.2, 0) is 15.1 Å². The minimum atomic E-state index is -1.62. The third kappa shape index (κ3) is 2.21. The molecule has 0 spiro atoms. The van der Waals surface area contributed by atoms with Crippen molar-refractivity contribution in [2.75, 3.05) is 19.5 Å². The smallest absolute Gasteiger partial charge is 0.258 e. The van der Waals surface area contributed by atoms with Gasteiger partial charge in [0, 0.05) is 24.4 Å². The van der Waals surface area contributed by atoms with E-state index in [2.05, 4.69) is 5.32 Å². The molecule has 0 saturated carbocycles. The summed E-state index contributed by atoms with van der Waals surface area (Å²) in [5.41, 5.74) is -0.204. The number of anilines is 1. The average molecular weight is 366 g/mol. The molecule has 27 heavy (non-hydrogen) atoms. The van der Waals surface area contributed by atoms with Crippen molar-refractivity contribution in [3.63, 3.8) is 0 Å². The molecule has 2 aliphatic heterocycles. The highest BCUT2D eigenvalue weighted by Crippen LogP contribution is 2.48. The van der Waals surface area contributed by atoms with Crippen molar-refractivity contribution in [1.82, 2.24) is 4.90 Å². The predicted molar refractivity (Wildman–Crippen MR) is 96.3 cm³/mol. The Morgan fingerprint density at radius 1 is 1.07 bits per heavy atom. The molecule has 2 heterocycles. The number of likely N-dealkylation sites (tertiary alicyclic amines) is 1. The molecule has 2 aliphatic rings. The van der Waals surface area contributed by atoms with Gasteiger partial charge in [0.15, 0.2) is 5.78 Å². The first-order valence-electron chi connectivity index (χ1n) is 8.48. The lowest BCUT2D eigenvalue weighted by atomic mass is 9.73. The van der Waals surface area contributed by atoms with Crippen molar-refractivity contribution >= 4 is 23.3 Å². The number of carbonyl (C=O) groups excluding carboxylic acids is 3. The summed E-state index contributed by atoms with van der Waals surface area (Å²) in [7, 11) is 2.82. The van der Waals surface area contributed by atoms with Crippen molar-refractivity contribution in [3.8, 4) is 5.75 Å². The molecule has 3 atom stereocenters. The number of likely N-dealkylation sites (N-methyl/N-ethyl adjacent to an activating group) is 1. The molecule has 0 bridgehead atoms. The number of hydrogen-bond acceptors (Lipinski definition) is 6. The largest absolute Gasteiger partial charge is 0.497 e. The topological polar surface area (TPSA) is 95.9 Å². The third-order valence-electron chi connectivity index (χ3n) is 5.35. The summed E-state index contributed by atoms with van der Waals surface area (Å²) in [5, 5.41) is 13.7. The van der Waals surface area contributed by atoms with E-state index in [0.29, 0.717) is 22.6 Å². The Morgan fingerprint density at radius 2 is 1.78 bits per heavy atom. The van der Waals surface area contributed by atoms with E-state index in [1.807, 2.05) is 0 Å². The maximum Gasteiger partial charge on any atom is 0.258 e. The zero-order valence-electron chi connectivity index (χ0n) is 14.8. The fourth-order valence-electron chi connectivity index (χ4n) is 3.95. The minimum Gasteiger partial charge on any atom is -0.497 e. The lowest BCUT2D eigenvalue weighted by Gasteiger charge is -2.34. The van der Waals surface area contributed by atoms with E-state index in [9.17, 15) is 19.5 Å². The first-order chi connectivity index (χ1) is 12.9. The van der Waals surface area contributed by atoms with Crippen LogP contribution in [0.3, 0.4) is 0 Å². The van der Waals surface area contributed by atoms with Gasteiger partial charge in [-0.15, -0.1) is 0 Å². The summed E-state index contributed by atoms with van der Waals surface area (Å²) in [6, 6.07) is 13.6. The molecule has 2 aromatic carbocycles. The van der Waals surface area contributed by atoms with Gasteiger partial charge in [-0.3, -0.25) is 19.3 Å². The van der Waals surface area contributed by atoms with Crippen molar-refractivity contribution in [2.24, 2.45) is 5.92 Å². The number of aliphatic hydroxyl groups excluding tert-OH is 1. The quantitative estimate of drug-likeness (QED) is 0.792. The van der Waals surface area contributed by atoms with Gasteiger partial charge >= 0.3 is 0 Å². The molecule has 0 aromatic heterocycles. The predicted octanol–water partition coefficient (Wildman–Crippen LogP) is 1.17. The standard InChI is InChI=1S/C20H18N2O5/c1-22-18(25)15(16(23)19(22)26)20(11-6-4-3-5-7-11)17(24)13-9-8-12(27-2)10-14(13)21-20/h3-10,15-16,21,23H,1-2H3. The number of ketones is 1. The second-order valence-corrected chi connectivity index (χ2v) is 6.70. The first kappa shape index (κ1) is 17.2. The van der Waals surface area contributed by atoms with E-state index in [1.54, 1.807) is 48.5 Å². The number of benzene rings is 2. The van der Waals surface area contributed by atoms with Crippen LogP contribution in [0.25, 0.3) is 0 Å². The number of rotatable bonds is 3. The molecule has 1 fully saturated rings. The summed E-state index contributed by atoms with van der Waals surface area (Å²) in [6.45, 7) is 0. The summed E-state index contributed by atoms with van der Waals surface area (Å²) in [5.74, 6) is -2.42. The Kier molecular flexibility index (Phi) is 3.78. The summed E-state index contributed by atoms with van der Waals surface area (Å²) in [4.78, 5) is 39.5. The molecule has 1 saturated heterocycles. The van der Waals surface area contributed by atoms with Gasteiger partial charge < -0.3 is 15.2 Å². The van der Waals surface area contributed by atoms with Crippen LogP contribution in [0, 0.1) is 5.92 Å². The van der Waals surface area contributed by atoms with Crippen LogP contribution >= 0.6 is 0 Å². The number of hydrogen-bond donors (Lipinski definition) is 2. The number of nitrogens with one attached hydrogen (secondary N) is 1. The van der Waals surface area contributed by atoms with Crippen LogP contribution in [0.2, 0.25) is 0 Å². The molecule has 0 radical (unpaired) electrons. The van der Waals surface area contributed by atoms with E-state index >= 15 is 0 Å². The monoisotopic (exact) mass is 366 g/mol. The van der Waals surface area contributed by atoms with Crippen LogP contribution in [0.15, 0.2) is 48.5 Å². The van der Waals surface area contributed by atoms with Gasteiger partial charge in [-0.1, -0.05) is 30.3 Å². The SMILES string of the molecule is COc1ccc2c(c1)NC(c1ccccc1)(C1C(=O)N(C)C(=O)C1O)C2=O. The van der Waals surface area contributed by atoms with E-state index in [0.717, 1.165) is 4.90 Å². The Labute approximate surface area is 155 Å². The van der Waals surface area contributed by atoms with Crippen molar-refractivity contribution in [3.05, 3.63) is 59.7 Å². The van der Waals surface area contributed by atoms with Crippen LogP contribution in [0.4, 0.5) is 5.69 Å². The van der Waals surface area contributed by atoms with Crippen molar-refractivity contribution in [2.45, 2.75) is 11.6 Å². The summed E-state index contributed by atoms with van der Waals surface area (Å²) in [6.07, 6.45) is -1.62. The normalized spacial score (nSPS) is 26.9. The molecular weight excluding hydrogens is 348 g/mol. The lowest BCUT2D eigenvalue weighted by Crippen LogP contribution is -2.52. The number of amides is 2. The zero-order chi connectivity index (χ0) is 19.3. The molecule has 7 nitrogen and oxygen atoms in total. The average Bonchev–Trinajstić information content (AvgIpc) is 3.09. The Balaban J connectivity index is 1.94. The van der Waals surface area contributed by atoms with Crippen LogP contribution < -0.4 is 10.1 Å². The van der Waals surface area contributed by atoms with Crippen LogP contribution in [-0.4, -0.2) is 47.9 Å². The fraction of sp³-hybridized carbons (Fsp3) is 0.250. The lowest BCUT2D eigenvalue weighted by molar-refractivity contribution is -0.139. The van der Waals surface area contributed by atoms with Crippen LogP contribution in [0.1, 0.15) is 15.9 Å². The van der Waals surface area contributed by atoms with E-state index < -0.39 is 29.4 Å². The highest BCUT2D eigenvalue weighted by Gasteiger charge is 2.63. The molecule has 0 aliphatic carbocycles. The molecule has 2 N–H and O–H groups in total. The molecule has 138 valence electrons. The van der Waals surface area contributed by atoms with Gasteiger partial charge in [0.05, 0.1) is 7.11 Å². The number of aliphatic hydroxyl groups is 1. The summed E-state index contributed by atoms with van der Waals surface area (Å²) < 4.78 is 5.22. The van der Waals surface area contributed by atoms with Gasteiger partial charge in [-0.25, -0.2) is 0 Å². The minimum absolute atomic E-state index is 0.369. The number of ether oxygens (including phenoxy) is 1. The second-order valence-electron chi connectivity index (χ2n) is 6.70. The molecule has 4 rings (SSSR count). The van der Waals surface area contributed by atoms with Gasteiger partial charge in [0.25, 0.3) is 5.91 Å². The molecule has 2 aromatic rings. The van der Waals surface area contributed by atoms with Gasteiger partial charge in [-0.2, -0.15) is 0 Å². The van der Waals surface area contributed by atoms with Gasteiger partial charge in [0.1, 0.15) is 23.3 Å². The zero-order valence-corrected chi connectivity index (χ0v) is 14.8. The number of imide groups is 1. The van der Waals surface area contributed by atoms with E-state index in [1.165, 1.54) is 14.2 Å². The van der Waals surface area contributed by atoms with E-state index in [-0.39, 0.29) is 5.78 Å². The Hall–Kier alpha value is -3.19. The van der Waals surface area contributed by atoms with Crippen molar-refractivity contribution < 1.29 is 24.2 Å². The second kappa shape index (κ2) is 5.92. The third-order valence-corrected chi connectivity index (χ3v) is 5.35. The number of fused-ring (bicyclic) bond motifs is 1. The maximum absolute atomic E-state index is 13.5. The van der Waals surface area contributed by atoms with E-state index in [4.69, 9.17) is 4.74 Å². The van der Waals surface area contributed by atoms with Crippen molar-refractivity contribution in [1.29, 1.82) is 0 Å². The molecule has 7 heteroatoms. The Bertz CT molecular complexity index is 958. The number of nitrogens with zero attached hydrogens (tertiary/aromatic N) is 1. The first-order valence-corrected chi connectivity index (χ1v) is 8.48. The molecule has 2 amide bonds.